The standard InChI is InChI=1S/C15H13N3O/c1-10-6-13(15(19)18-17-10)8-11-7-12-4-2-3-5-14(12)16-9-11/h2-7,9H,8H2,1H3,(H,18,19). The van der Waals surface area contributed by atoms with Gasteiger partial charge in [-0.25, -0.2) is 5.10 Å². The predicted octanol–water partition coefficient (Wildman–Crippen LogP) is 2.22. The molecular formula is C15H13N3O. The van der Waals surface area contributed by atoms with Crippen LogP contribution in [0.4, 0.5) is 0 Å². The maximum atomic E-state index is 11.7. The van der Waals surface area contributed by atoms with Gasteiger partial charge in [0, 0.05) is 23.6 Å². The summed E-state index contributed by atoms with van der Waals surface area (Å²) in [4.78, 5) is 16.1. The third-order valence-corrected chi connectivity index (χ3v) is 3.05. The van der Waals surface area contributed by atoms with Gasteiger partial charge in [0.1, 0.15) is 0 Å². The topological polar surface area (TPSA) is 58.6 Å². The Morgan fingerprint density at radius 3 is 2.95 bits per heavy atom. The molecule has 94 valence electrons. The zero-order chi connectivity index (χ0) is 13.2. The molecule has 0 bridgehead atoms. The second-order valence-corrected chi connectivity index (χ2v) is 4.58. The van der Waals surface area contributed by atoms with Crippen molar-refractivity contribution in [2.75, 3.05) is 0 Å². The fourth-order valence-corrected chi connectivity index (χ4v) is 2.13. The largest absolute Gasteiger partial charge is 0.268 e. The number of aryl methyl sites for hydroxylation is 1. The monoisotopic (exact) mass is 251 g/mol. The smallest absolute Gasteiger partial charge is 0.267 e. The minimum Gasteiger partial charge on any atom is -0.268 e. The Hall–Kier alpha value is -2.49. The second-order valence-electron chi connectivity index (χ2n) is 4.58. The fourth-order valence-electron chi connectivity index (χ4n) is 2.13. The number of nitrogens with zero attached hydrogens (tertiary/aromatic N) is 2. The lowest BCUT2D eigenvalue weighted by Crippen LogP contribution is -2.15. The average molecular weight is 251 g/mol. The van der Waals surface area contributed by atoms with Crippen LogP contribution < -0.4 is 5.56 Å². The van der Waals surface area contributed by atoms with Gasteiger partial charge in [0.2, 0.25) is 0 Å². The van der Waals surface area contributed by atoms with E-state index in [0.717, 1.165) is 22.2 Å². The van der Waals surface area contributed by atoms with Crippen LogP contribution in [0.5, 0.6) is 0 Å². The number of nitrogens with one attached hydrogen (secondary N) is 1. The van der Waals surface area contributed by atoms with E-state index in [1.807, 2.05) is 43.5 Å². The molecule has 2 aromatic heterocycles. The highest BCUT2D eigenvalue weighted by molar-refractivity contribution is 5.78. The number of aromatic amines is 1. The minimum absolute atomic E-state index is 0.140. The van der Waals surface area contributed by atoms with Crippen molar-refractivity contribution in [3.05, 3.63) is 69.8 Å². The molecule has 3 aromatic rings. The van der Waals surface area contributed by atoms with Gasteiger partial charge in [0.15, 0.2) is 0 Å². The molecular weight excluding hydrogens is 238 g/mol. The summed E-state index contributed by atoms with van der Waals surface area (Å²) >= 11 is 0. The van der Waals surface area contributed by atoms with Crippen LogP contribution in [0, 0.1) is 6.92 Å². The minimum atomic E-state index is -0.140. The van der Waals surface area contributed by atoms with Crippen molar-refractivity contribution in [3.8, 4) is 0 Å². The Bertz CT molecular complexity index is 792. The SMILES string of the molecule is Cc1cc(Cc2cnc3ccccc3c2)c(=O)[nH]n1. The molecule has 0 spiro atoms. The van der Waals surface area contributed by atoms with E-state index in [1.54, 1.807) is 0 Å². The number of para-hydroxylation sites is 1. The number of hydrogen-bond acceptors (Lipinski definition) is 3. The number of benzene rings is 1. The molecule has 0 aliphatic carbocycles. The van der Waals surface area contributed by atoms with Crippen LogP contribution >= 0.6 is 0 Å². The normalized spacial score (nSPS) is 10.8. The third-order valence-electron chi connectivity index (χ3n) is 3.05. The molecule has 1 N–H and O–H groups in total. The van der Waals surface area contributed by atoms with Crippen LogP contribution in [0.25, 0.3) is 10.9 Å². The predicted molar refractivity (Wildman–Crippen MR) is 74.1 cm³/mol. The van der Waals surface area contributed by atoms with E-state index in [-0.39, 0.29) is 5.56 Å². The maximum Gasteiger partial charge on any atom is 0.267 e. The Balaban J connectivity index is 2.01. The lowest BCUT2D eigenvalue weighted by atomic mass is 10.1. The van der Waals surface area contributed by atoms with Crippen molar-refractivity contribution in [1.82, 2.24) is 15.2 Å². The van der Waals surface area contributed by atoms with Crippen molar-refractivity contribution in [1.29, 1.82) is 0 Å². The van der Waals surface area contributed by atoms with E-state index >= 15 is 0 Å². The Labute approximate surface area is 110 Å². The first-order valence-electron chi connectivity index (χ1n) is 6.11. The summed E-state index contributed by atoms with van der Waals surface area (Å²) in [6.45, 7) is 1.86. The van der Waals surface area contributed by atoms with E-state index in [9.17, 15) is 4.79 Å². The summed E-state index contributed by atoms with van der Waals surface area (Å²) in [6.07, 6.45) is 2.38. The van der Waals surface area contributed by atoms with E-state index in [2.05, 4.69) is 21.2 Å². The number of pyridine rings is 1. The van der Waals surface area contributed by atoms with Crippen molar-refractivity contribution in [2.24, 2.45) is 0 Å². The summed E-state index contributed by atoms with van der Waals surface area (Å²) in [5, 5.41) is 7.46. The van der Waals surface area contributed by atoms with Gasteiger partial charge < -0.3 is 0 Å². The molecule has 0 amide bonds. The van der Waals surface area contributed by atoms with Crippen LogP contribution in [0.3, 0.4) is 0 Å². The zero-order valence-corrected chi connectivity index (χ0v) is 10.6. The van der Waals surface area contributed by atoms with Crippen molar-refractivity contribution in [3.63, 3.8) is 0 Å². The summed E-state index contributed by atoms with van der Waals surface area (Å²) in [5.74, 6) is 0. The van der Waals surface area contributed by atoms with Gasteiger partial charge in [-0.3, -0.25) is 9.78 Å². The first kappa shape index (κ1) is 11.6. The molecule has 0 radical (unpaired) electrons. The summed E-state index contributed by atoms with van der Waals surface area (Å²) in [5.41, 5.74) is 3.37. The summed E-state index contributed by atoms with van der Waals surface area (Å²) in [7, 11) is 0. The van der Waals surface area contributed by atoms with Crippen molar-refractivity contribution in [2.45, 2.75) is 13.3 Å². The molecule has 0 saturated heterocycles. The fraction of sp³-hybridized carbons (Fsp3) is 0.133. The van der Waals surface area contributed by atoms with E-state index in [4.69, 9.17) is 0 Å². The maximum absolute atomic E-state index is 11.7. The summed E-state index contributed by atoms with van der Waals surface area (Å²) < 4.78 is 0. The van der Waals surface area contributed by atoms with Crippen LogP contribution in [-0.4, -0.2) is 15.2 Å². The zero-order valence-electron chi connectivity index (χ0n) is 10.6. The van der Waals surface area contributed by atoms with Gasteiger partial charge in [0.25, 0.3) is 5.56 Å². The van der Waals surface area contributed by atoms with E-state index < -0.39 is 0 Å². The van der Waals surface area contributed by atoms with E-state index in [0.29, 0.717) is 12.0 Å². The molecule has 19 heavy (non-hydrogen) atoms. The Morgan fingerprint density at radius 2 is 2.05 bits per heavy atom. The molecule has 3 rings (SSSR count). The highest BCUT2D eigenvalue weighted by atomic mass is 16.1. The molecule has 0 fully saturated rings. The highest BCUT2D eigenvalue weighted by Gasteiger charge is 2.04. The molecule has 0 aliphatic heterocycles. The number of hydrogen-bond donors (Lipinski definition) is 1. The van der Waals surface area contributed by atoms with Gasteiger partial charge in [-0.05, 0) is 30.7 Å². The van der Waals surface area contributed by atoms with Crippen LogP contribution in [0.1, 0.15) is 16.8 Å². The number of rotatable bonds is 2. The lowest BCUT2D eigenvalue weighted by molar-refractivity contribution is 0.912. The van der Waals surface area contributed by atoms with E-state index in [1.165, 1.54) is 0 Å². The quantitative estimate of drug-likeness (QED) is 0.759. The molecule has 0 aliphatic rings. The molecule has 0 saturated carbocycles. The highest BCUT2D eigenvalue weighted by Crippen LogP contribution is 2.14. The van der Waals surface area contributed by atoms with Crippen LogP contribution in [-0.2, 0) is 6.42 Å². The average Bonchev–Trinajstić information content (AvgIpc) is 2.43. The second kappa shape index (κ2) is 4.65. The molecule has 0 atom stereocenters. The number of aromatic nitrogens is 3. The molecule has 4 heteroatoms. The van der Waals surface area contributed by atoms with Gasteiger partial charge in [-0.1, -0.05) is 18.2 Å². The molecule has 4 nitrogen and oxygen atoms in total. The van der Waals surface area contributed by atoms with Crippen molar-refractivity contribution < 1.29 is 0 Å². The van der Waals surface area contributed by atoms with Gasteiger partial charge in [-0.2, -0.15) is 5.10 Å². The molecule has 2 heterocycles. The van der Waals surface area contributed by atoms with Gasteiger partial charge in [0.05, 0.1) is 11.2 Å². The Kier molecular flexibility index (Phi) is 2.83. The summed E-state index contributed by atoms with van der Waals surface area (Å²) in [6, 6.07) is 11.8. The Morgan fingerprint density at radius 1 is 1.21 bits per heavy atom. The molecule has 0 unspecified atom stereocenters. The number of H-pyrrole nitrogens is 1. The van der Waals surface area contributed by atoms with Gasteiger partial charge in [-0.15, -0.1) is 0 Å². The van der Waals surface area contributed by atoms with Crippen LogP contribution in [0.15, 0.2) is 47.4 Å². The van der Waals surface area contributed by atoms with Crippen LogP contribution in [0.2, 0.25) is 0 Å². The first-order chi connectivity index (χ1) is 9.22. The van der Waals surface area contributed by atoms with Crippen molar-refractivity contribution >= 4 is 10.9 Å². The molecule has 1 aromatic carbocycles. The lowest BCUT2D eigenvalue weighted by Gasteiger charge is -2.03. The van der Waals surface area contributed by atoms with Gasteiger partial charge >= 0.3 is 0 Å². The third kappa shape index (κ3) is 2.38. The number of fused-ring (bicyclic) bond motifs is 1. The first-order valence-corrected chi connectivity index (χ1v) is 6.11.